The molecular formula is C40H35N3O2. The lowest BCUT2D eigenvalue weighted by atomic mass is 9.85. The van der Waals surface area contributed by atoms with Crippen LogP contribution in [-0.4, -0.2) is 19.6 Å². The molecule has 0 amide bonds. The van der Waals surface area contributed by atoms with E-state index < -0.39 is 0 Å². The molecule has 0 fully saturated rings. The highest BCUT2D eigenvalue weighted by molar-refractivity contribution is 6.08. The number of hydrogen-bond donors (Lipinski definition) is 1. The highest BCUT2D eigenvalue weighted by Gasteiger charge is 2.18. The van der Waals surface area contributed by atoms with Crippen molar-refractivity contribution in [2.75, 3.05) is 0 Å². The summed E-state index contributed by atoms with van der Waals surface area (Å²) in [5.41, 5.74) is 9.20. The number of para-hydroxylation sites is 3. The molecule has 0 aliphatic heterocycles. The third-order valence-electron chi connectivity index (χ3n) is 8.39. The van der Waals surface area contributed by atoms with E-state index in [2.05, 4.69) is 75.1 Å². The molecule has 45 heavy (non-hydrogen) atoms. The number of rotatable bonds is 7. The molecule has 5 heteroatoms. The van der Waals surface area contributed by atoms with Crippen LogP contribution < -0.4 is 4.74 Å². The number of phenolic OH excluding ortho intramolecular Hbond substituents is 1. The zero-order valence-electron chi connectivity index (χ0n) is 25.9. The van der Waals surface area contributed by atoms with Gasteiger partial charge in [0.1, 0.15) is 17.1 Å². The third-order valence-corrected chi connectivity index (χ3v) is 8.39. The quantitative estimate of drug-likeness (QED) is 0.201. The summed E-state index contributed by atoms with van der Waals surface area (Å²) in [5.74, 6) is 2.21. The van der Waals surface area contributed by atoms with Crippen molar-refractivity contribution in [2.24, 2.45) is 0 Å². The van der Waals surface area contributed by atoms with E-state index in [1.165, 1.54) is 16.7 Å². The summed E-state index contributed by atoms with van der Waals surface area (Å²) >= 11 is 0. The minimum atomic E-state index is 0.203. The zero-order valence-corrected chi connectivity index (χ0v) is 25.9. The summed E-state index contributed by atoms with van der Waals surface area (Å²) in [6.07, 6.45) is 1.82. The minimum Gasteiger partial charge on any atom is -0.506 e. The Morgan fingerprint density at radius 1 is 0.667 bits per heavy atom. The molecule has 0 saturated heterocycles. The van der Waals surface area contributed by atoms with Crippen molar-refractivity contribution in [2.45, 2.75) is 39.5 Å². The van der Waals surface area contributed by atoms with E-state index in [0.29, 0.717) is 29.2 Å². The van der Waals surface area contributed by atoms with Gasteiger partial charge in [0, 0.05) is 28.6 Å². The lowest BCUT2D eigenvalue weighted by Gasteiger charge is -2.20. The average Bonchev–Trinajstić information content (AvgIpc) is 3.38. The highest BCUT2D eigenvalue weighted by atomic mass is 16.5. The number of benzene rings is 4. The molecule has 0 aliphatic rings. The van der Waals surface area contributed by atoms with Gasteiger partial charge in [0.05, 0.1) is 16.9 Å². The van der Waals surface area contributed by atoms with Crippen molar-refractivity contribution in [1.29, 1.82) is 0 Å². The van der Waals surface area contributed by atoms with Crippen molar-refractivity contribution in [3.63, 3.8) is 0 Å². The number of fused-ring (bicyclic) bond motifs is 3. The Morgan fingerprint density at radius 3 is 2.18 bits per heavy atom. The summed E-state index contributed by atoms with van der Waals surface area (Å²) in [4.78, 5) is 9.70. The van der Waals surface area contributed by atoms with Gasteiger partial charge in [-0.05, 0) is 82.6 Å². The van der Waals surface area contributed by atoms with Crippen LogP contribution in [0.4, 0.5) is 0 Å². The van der Waals surface area contributed by atoms with E-state index in [4.69, 9.17) is 9.72 Å². The van der Waals surface area contributed by atoms with E-state index in [0.717, 1.165) is 38.8 Å². The Bertz CT molecular complexity index is 2150. The molecule has 0 radical (unpaired) electrons. The lowest BCUT2D eigenvalue weighted by Crippen LogP contribution is -2.00. The van der Waals surface area contributed by atoms with Crippen LogP contribution in [0.2, 0.25) is 0 Å². The number of ether oxygens (including phenoxy) is 1. The van der Waals surface area contributed by atoms with E-state index in [-0.39, 0.29) is 5.75 Å². The van der Waals surface area contributed by atoms with E-state index in [1.54, 1.807) is 6.07 Å². The van der Waals surface area contributed by atoms with E-state index in [9.17, 15) is 5.11 Å². The van der Waals surface area contributed by atoms with Crippen molar-refractivity contribution in [3.05, 3.63) is 133 Å². The SMILES string of the molecule is CC(C)c1cccc(C(C)C)c1-c1ccnc(Oc2cccc(-c3ccc4c5ccccc5n(-c5ccccc5O)c4n3)c2)c1. The normalized spacial score (nSPS) is 11.6. The van der Waals surface area contributed by atoms with Crippen molar-refractivity contribution in [3.8, 4) is 45.5 Å². The van der Waals surface area contributed by atoms with Crippen molar-refractivity contribution >= 4 is 21.9 Å². The fourth-order valence-corrected chi connectivity index (χ4v) is 6.24. The summed E-state index contributed by atoms with van der Waals surface area (Å²) in [6.45, 7) is 8.95. The Hall–Kier alpha value is -5.42. The molecule has 0 bridgehead atoms. The Kier molecular flexibility index (Phi) is 7.30. The van der Waals surface area contributed by atoms with Gasteiger partial charge in [-0.15, -0.1) is 0 Å². The van der Waals surface area contributed by atoms with Gasteiger partial charge in [0.25, 0.3) is 0 Å². The van der Waals surface area contributed by atoms with Gasteiger partial charge >= 0.3 is 0 Å². The maximum absolute atomic E-state index is 10.8. The molecule has 3 heterocycles. The van der Waals surface area contributed by atoms with Gasteiger partial charge in [-0.2, -0.15) is 0 Å². The number of aromatic hydroxyl groups is 1. The largest absolute Gasteiger partial charge is 0.506 e. The first-order valence-corrected chi connectivity index (χ1v) is 15.4. The molecule has 0 aliphatic carbocycles. The fourth-order valence-electron chi connectivity index (χ4n) is 6.24. The summed E-state index contributed by atoms with van der Waals surface area (Å²) in [7, 11) is 0. The predicted molar refractivity (Wildman–Crippen MR) is 184 cm³/mol. The van der Waals surface area contributed by atoms with Gasteiger partial charge in [-0.25, -0.2) is 9.97 Å². The van der Waals surface area contributed by atoms with Crippen LogP contribution in [0.1, 0.15) is 50.7 Å². The zero-order chi connectivity index (χ0) is 31.1. The predicted octanol–water partition coefficient (Wildman–Crippen LogP) is 10.7. The van der Waals surface area contributed by atoms with E-state index in [1.807, 2.05) is 77.5 Å². The van der Waals surface area contributed by atoms with Gasteiger partial charge in [0.15, 0.2) is 0 Å². The molecule has 0 spiro atoms. The topological polar surface area (TPSA) is 60.2 Å². The highest BCUT2D eigenvalue weighted by Crippen LogP contribution is 2.38. The van der Waals surface area contributed by atoms with Crippen LogP contribution in [0.3, 0.4) is 0 Å². The fraction of sp³-hybridized carbons (Fsp3) is 0.150. The number of pyridine rings is 2. The number of aromatic nitrogens is 3. The molecular weight excluding hydrogens is 554 g/mol. The van der Waals surface area contributed by atoms with Crippen LogP contribution in [0.5, 0.6) is 17.4 Å². The molecule has 4 aromatic carbocycles. The molecule has 1 N–H and O–H groups in total. The Morgan fingerprint density at radius 2 is 1.40 bits per heavy atom. The minimum absolute atomic E-state index is 0.203. The smallest absolute Gasteiger partial charge is 0.219 e. The van der Waals surface area contributed by atoms with Crippen LogP contribution in [0, 0.1) is 0 Å². The maximum atomic E-state index is 10.8. The van der Waals surface area contributed by atoms with Gasteiger partial charge in [-0.3, -0.25) is 4.57 Å². The molecule has 0 unspecified atom stereocenters. The van der Waals surface area contributed by atoms with E-state index >= 15 is 0 Å². The number of nitrogens with zero attached hydrogens (tertiary/aromatic N) is 3. The molecule has 7 aromatic rings. The average molecular weight is 590 g/mol. The van der Waals surface area contributed by atoms with Crippen LogP contribution in [0.15, 0.2) is 121 Å². The van der Waals surface area contributed by atoms with Gasteiger partial charge in [-0.1, -0.05) is 88.4 Å². The second kappa shape index (κ2) is 11.6. The van der Waals surface area contributed by atoms with Crippen LogP contribution >= 0.6 is 0 Å². The maximum Gasteiger partial charge on any atom is 0.219 e. The lowest BCUT2D eigenvalue weighted by molar-refractivity contribution is 0.463. The molecule has 0 atom stereocenters. The molecule has 222 valence electrons. The second-order valence-electron chi connectivity index (χ2n) is 12.0. The second-order valence-corrected chi connectivity index (χ2v) is 12.0. The summed E-state index contributed by atoms with van der Waals surface area (Å²) < 4.78 is 8.40. The first kappa shape index (κ1) is 28.4. The first-order chi connectivity index (χ1) is 21.9. The standard InChI is InChI=1S/C40H35N3O2/c1-25(2)30-14-10-15-31(26(3)4)39(30)28-21-22-41-38(24-28)45-29-12-9-11-27(23-29)34-20-19-33-32-13-5-6-16-35(32)43(40(33)42-34)36-17-7-8-18-37(36)44/h5-26,44H,1-4H3. The van der Waals surface area contributed by atoms with Crippen LogP contribution in [-0.2, 0) is 0 Å². The van der Waals surface area contributed by atoms with Crippen molar-refractivity contribution < 1.29 is 9.84 Å². The summed E-state index contributed by atoms with van der Waals surface area (Å²) in [5, 5.41) is 12.9. The molecule has 7 rings (SSSR count). The van der Waals surface area contributed by atoms with Gasteiger partial charge in [0.2, 0.25) is 5.88 Å². The van der Waals surface area contributed by atoms with Crippen LogP contribution in [0.25, 0.3) is 50.0 Å². The molecule has 3 aromatic heterocycles. The number of hydrogen-bond acceptors (Lipinski definition) is 4. The summed E-state index contributed by atoms with van der Waals surface area (Å²) in [6, 6.07) is 38.4. The monoisotopic (exact) mass is 589 g/mol. The Labute approximate surface area is 263 Å². The third kappa shape index (κ3) is 5.21. The molecule has 5 nitrogen and oxygen atoms in total. The Balaban J connectivity index is 1.27. The first-order valence-electron chi connectivity index (χ1n) is 15.4. The molecule has 0 saturated carbocycles. The van der Waals surface area contributed by atoms with Gasteiger partial charge < -0.3 is 9.84 Å². The van der Waals surface area contributed by atoms with Crippen molar-refractivity contribution in [1.82, 2.24) is 14.5 Å². The number of phenols is 1.